The molecule has 2 nitrogen and oxygen atoms in total. The lowest BCUT2D eigenvalue weighted by Gasteiger charge is -2.35. The fourth-order valence-electron chi connectivity index (χ4n) is 3.48. The summed E-state index contributed by atoms with van der Waals surface area (Å²) in [6.45, 7) is 9.95. The highest BCUT2D eigenvalue weighted by molar-refractivity contribution is 4.83. The van der Waals surface area contributed by atoms with Gasteiger partial charge in [0.25, 0.3) is 0 Å². The molecule has 1 aliphatic carbocycles. The molecule has 2 heteroatoms. The Morgan fingerprint density at radius 2 is 1.62 bits per heavy atom. The van der Waals surface area contributed by atoms with Crippen LogP contribution in [0.5, 0.6) is 0 Å². The quantitative estimate of drug-likeness (QED) is 0.789. The standard InChI is InChI=1S/C14H28N2/c1-12-6-5-7-13(2)14(12)15-8-11-16-9-3-4-10-16/h12-15H,3-11H2,1-2H3. The molecule has 1 aliphatic heterocycles. The molecule has 0 amide bonds. The van der Waals surface area contributed by atoms with Crippen LogP contribution < -0.4 is 5.32 Å². The van der Waals surface area contributed by atoms with Crippen LogP contribution in [0.3, 0.4) is 0 Å². The van der Waals surface area contributed by atoms with Crippen LogP contribution in [-0.4, -0.2) is 37.1 Å². The summed E-state index contributed by atoms with van der Waals surface area (Å²) < 4.78 is 0. The van der Waals surface area contributed by atoms with E-state index >= 15 is 0 Å². The molecule has 0 spiro atoms. The van der Waals surface area contributed by atoms with Crippen LogP contribution in [0.4, 0.5) is 0 Å². The smallest absolute Gasteiger partial charge is 0.0119 e. The highest BCUT2D eigenvalue weighted by Gasteiger charge is 2.27. The Morgan fingerprint density at radius 3 is 2.25 bits per heavy atom. The molecular weight excluding hydrogens is 196 g/mol. The molecule has 2 unspecified atom stereocenters. The third kappa shape index (κ3) is 3.21. The second-order valence-corrected chi connectivity index (χ2v) is 5.91. The maximum absolute atomic E-state index is 3.81. The van der Waals surface area contributed by atoms with Crippen molar-refractivity contribution in [1.29, 1.82) is 0 Å². The van der Waals surface area contributed by atoms with Crippen molar-refractivity contribution in [3.63, 3.8) is 0 Å². The Bertz CT molecular complexity index is 189. The molecule has 2 fully saturated rings. The van der Waals surface area contributed by atoms with Crippen molar-refractivity contribution in [3.05, 3.63) is 0 Å². The van der Waals surface area contributed by atoms with Crippen molar-refractivity contribution in [2.24, 2.45) is 11.8 Å². The van der Waals surface area contributed by atoms with Gasteiger partial charge in [0, 0.05) is 19.1 Å². The molecule has 16 heavy (non-hydrogen) atoms. The lowest BCUT2D eigenvalue weighted by atomic mass is 9.79. The lowest BCUT2D eigenvalue weighted by Crippen LogP contribution is -2.45. The first-order valence-corrected chi connectivity index (χ1v) is 7.23. The minimum absolute atomic E-state index is 0.774. The first-order chi connectivity index (χ1) is 7.77. The number of hydrogen-bond acceptors (Lipinski definition) is 2. The summed E-state index contributed by atoms with van der Waals surface area (Å²) in [5.74, 6) is 1.75. The average Bonchev–Trinajstić information content (AvgIpc) is 2.75. The van der Waals surface area contributed by atoms with E-state index in [1.165, 1.54) is 58.3 Å². The van der Waals surface area contributed by atoms with Crippen LogP contribution in [0.2, 0.25) is 0 Å². The maximum atomic E-state index is 3.81. The summed E-state index contributed by atoms with van der Waals surface area (Å²) in [5, 5.41) is 3.81. The first kappa shape index (κ1) is 12.4. The molecule has 0 aromatic carbocycles. The summed E-state index contributed by atoms with van der Waals surface area (Å²) in [5.41, 5.74) is 0. The molecule has 94 valence electrons. The molecule has 1 N–H and O–H groups in total. The van der Waals surface area contributed by atoms with Gasteiger partial charge in [-0.1, -0.05) is 20.3 Å². The summed E-state index contributed by atoms with van der Waals surface area (Å²) in [7, 11) is 0. The SMILES string of the molecule is CC1CCCC(C)C1NCCN1CCCC1. The fourth-order valence-corrected chi connectivity index (χ4v) is 3.48. The first-order valence-electron chi connectivity index (χ1n) is 7.23. The van der Waals surface area contributed by atoms with E-state index in [0.717, 1.165) is 17.9 Å². The van der Waals surface area contributed by atoms with Crippen molar-refractivity contribution in [1.82, 2.24) is 10.2 Å². The van der Waals surface area contributed by atoms with E-state index in [4.69, 9.17) is 0 Å². The third-order valence-corrected chi connectivity index (χ3v) is 4.55. The molecular formula is C14H28N2. The van der Waals surface area contributed by atoms with Crippen molar-refractivity contribution in [2.45, 2.75) is 52.0 Å². The van der Waals surface area contributed by atoms with Crippen molar-refractivity contribution < 1.29 is 0 Å². The van der Waals surface area contributed by atoms with Gasteiger partial charge in [0.1, 0.15) is 0 Å². The van der Waals surface area contributed by atoms with E-state index in [-0.39, 0.29) is 0 Å². The minimum atomic E-state index is 0.774. The van der Waals surface area contributed by atoms with Gasteiger partial charge in [0.2, 0.25) is 0 Å². The van der Waals surface area contributed by atoms with Gasteiger partial charge in [-0.15, -0.1) is 0 Å². The molecule has 0 aromatic heterocycles. The Balaban J connectivity index is 1.67. The van der Waals surface area contributed by atoms with Gasteiger partial charge in [0.15, 0.2) is 0 Å². The van der Waals surface area contributed by atoms with E-state index in [2.05, 4.69) is 24.1 Å². The Labute approximate surface area is 101 Å². The second-order valence-electron chi connectivity index (χ2n) is 5.91. The number of nitrogens with one attached hydrogen (secondary N) is 1. The zero-order chi connectivity index (χ0) is 11.4. The molecule has 1 saturated heterocycles. The van der Waals surface area contributed by atoms with Gasteiger partial charge >= 0.3 is 0 Å². The van der Waals surface area contributed by atoms with Gasteiger partial charge in [-0.2, -0.15) is 0 Å². The van der Waals surface area contributed by atoms with Gasteiger partial charge in [-0.25, -0.2) is 0 Å². The Hall–Kier alpha value is -0.0800. The van der Waals surface area contributed by atoms with E-state index in [1.54, 1.807) is 0 Å². The monoisotopic (exact) mass is 224 g/mol. The highest BCUT2D eigenvalue weighted by atomic mass is 15.2. The van der Waals surface area contributed by atoms with Crippen LogP contribution in [0.25, 0.3) is 0 Å². The van der Waals surface area contributed by atoms with E-state index in [1.807, 2.05) is 0 Å². The second kappa shape index (κ2) is 6.02. The maximum Gasteiger partial charge on any atom is 0.0119 e. The summed E-state index contributed by atoms with van der Waals surface area (Å²) in [6.07, 6.45) is 7.11. The molecule has 0 aromatic rings. The number of nitrogens with zero attached hydrogens (tertiary/aromatic N) is 1. The Kier molecular flexibility index (Phi) is 4.66. The zero-order valence-electron chi connectivity index (χ0n) is 11.0. The largest absolute Gasteiger partial charge is 0.312 e. The molecule has 0 bridgehead atoms. The minimum Gasteiger partial charge on any atom is -0.312 e. The van der Waals surface area contributed by atoms with Gasteiger partial charge < -0.3 is 10.2 Å². The van der Waals surface area contributed by atoms with E-state index < -0.39 is 0 Å². The van der Waals surface area contributed by atoms with Gasteiger partial charge in [-0.3, -0.25) is 0 Å². The lowest BCUT2D eigenvalue weighted by molar-refractivity contribution is 0.201. The third-order valence-electron chi connectivity index (χ3n) is 4.55. The van der Waals surface area contributed by atoms with Gasteiger partial charge in [-0.05, 0) is 50.6 Å². The van der Waals surface area contributed by atoms with E-state index in [9.17, 15) is 0 Å². The molecule has 1 saturated carbocycles. The molecule has 1 heterocycles. The van der Waals surface area contributed by atoms with Crippen LogP contribution >= 0.6 is 0 Å². The zero-order valence-corrected chi connectivity index (χ0v) is 11.0. The predicted octanol–water partition coefficient (Wildman–Crippen LogP) is 2.50. The summed E-state index contributed by atoms with van der Waals surface area (Å²) in [6, 6.07) is 0.774. The van der Waals surface area contributed by atoms with E-state index in [0.29, 0.717) is 0 Å². The predicted molar refractivity (Wildman–Crippen MR) is 69.6 cm³/mol. The van der Waals surface area contributed by atoms with Crippen molar-refractivity contribution in [2.75, 3.05) is 26.2 Å². The Morgan fingerprint density at radius 1 is 1.00 bits per heavy atom. The fraction of sp³-hybridized carbons (Fsp3) is 1.00. The number of hydrogen-bond donors (Lipinski definition) is 1. The molecule has 0 radical (unpaired) electrons. The van der Waals surface area contributed by atoms with Crippen LogP contribution in [0, 0.1) is 11.8 Å². The molecule has 2 rings (SSSR count). The molecule has 2 atom stereocenters. The van der Waals surface area contributed by atoms with Crippen LogP contribution in [-0.2, 0) is 0 Å². The normalized spacial score (nSPS) is 36.8. The molecule has 2 aliphatic rings. The average molecular weight is 224 g/mol. The van der Waals surface area contributed by atoms with Crippen LogP contribution in [0.1, 0.15) is 46.0 Å². The van der Waals surface area contributed by atoms with Crippen LogP contribution in [0.15, 0.2) is 0 Å². The van der Waals surface area contributed by atoms with Gasteiger partial charge in [0.05, 0.1) is 0 Å². The topological polar surface area (TPSA) is 15.3 Å². The number of rotatable bonds is 4. The summed E-state index contributed by atoms with van der Waals surface area (Å²) in [4.78, 5) is 2.60. The highest BCUT2D eigenvalue weighted by Crippen LogP contribution is 2.28. The summed E-state index contributed by atoms with van der Waals surface area (Å²) >= 11 is 0. The van der Waals surface area contributed by atoms with Crippen molar-refractivity contribution in [3.8, 4) is 0 Å². The number of likely N-dealkylation sites (tertiary alicyclic amines) is 1. The van der Waals surface area contributed by atoms with Crippen molar-refractivity contribution >= 4 is 0 Å².